The SMILES string of the molecule is C=CC(=O)NC1CN(S(=O)(=O)c2ccc(C(=O)NCCc3cccc(C)c3)cc2)C1. The fraction of sp³-hybridized carbons (Fsp3) is 0.273. The van der Waals surface area contributed by atoms with Gasteiger partial charge in [0.05, 0.1) is 10.9 Å². The Hall–Kier alpha value is -2.97. The van der Waals surface area contributed by atoms with Crippen molar-refractivity contribution in [1.82, 2.24) is 14.9 Å². The molecule has 0 radical (unpaired) electrons. The molecule has 1 heterocycles. The lowest BCUT2D eigenvalue weighted by Crippen LogP contribution is -2.60. The number of nitrogens with zero attached hydrogens (tertiary/aromatic N) is 1. The largest absolute Gasteiger partial charge is 0.352 e. The molecule has 0 aliphatic carbocycles. The molecular formula is C22H25N3O4S. The van der Waals surface area contributed by atoms with Crippen LogP contribution in [0.3, 0.4) is 0 Å². The fourth-order valence-corrected chi connectivity index (χ4v) is 4.73. The van der Waals surface area contributed by atoms with Crippen molar-refractivity contribution in [2.45, 2.75) is 24.3 Å². The molecule has 2 amide bonds. The predicted molar refractivity (Wildman–Crippen MR) is 115 cm³/mol. The van der Waals surface area contributed by atoms with Gasteiger partial charge in [0.1, 0.15) is 0 Å². The van der Waals surface area contributed by atoms with E-state index in [1.54, 1.807) is 0 Å². The summed E-state index contributed by atoms with van der Waals surface area (Å²) in [5, 5.41) is 5.51. The highest BCUT2D eigenvalue weighted by Crippen LogP contribution is 2.22. The van der Waals surface area contributed by atoms with Gasteiger partial charge < -0.3 is 10.6 Å². The molecule has 3 rings (SSSR count). The molecule has 2 aromatic rings. The third kappa shape index (κ3) is 5.14. The van der Waals surface area contributed by atoms with Crippen LogP contribution in [0.1, 0.15) is 21.5 Å². The molecule has 0 atom stereocenters. The molecule has 158 valence electrons. The second-order valence-electron chi connectivity index (χ2n) is 7.25. The molecule has 2 N–H and O–H groups in total. The Labute approximate surface area is 176 Å². The van der Waals surface area contributed by atoms with Crippen molar-refractivity contribution in [2.24, 2.45) is 0 Å². The van der Waals surface area contributed by atoms with Crippen LogP contribution in [0.2, 0.25) is 0 Å². The molecule has 1 saturated heterocycles. The Kier molecular flexibility index (Phi) is 6.69. The van der Waals surface area contributed by atoms with E-state index in [0.717, 1.165) is 18.1 Å². The Morgan fingerprint density at radius 3 is 2.50 bits per heavy atom. The minimum absolute atomic E-state index is 0.118. The Bertz CT molecular complexity index is 1040. The first-order chi connectivity index (χ1) is 14.3. The molecule has 1 fully saturated rings. The van der Waals surface area contributed by atoms with Crippen LogP contribution in [0.15, 0.2) is 66.1 Å². The molecule has 0 aromatic heterocycles. The van der Waals surface area contributed by atoms with Crippen LogP contribution in [-0.4, -0.2) is 50.2 Å². The lowest BCUT2D eigenvalue weighted by atomic mass is 10.1. The standard InChI is InChI=1S/C22H25N3O4S/c1-3-21(26)24-19-14-25(15-19)30(28,29)20-9-7-18(8-10-20)22(27)23-12-11-17-6-4-5-16(2)13-17/h3-10,13,19H,1,11-12,14-15H2,2H3,(H,23,27)(H,24,26). The summed E-state index contributed by atoms with van der Waals surface area (Å²) in [6, 6.07) is 13.8. The number of aryl methyl sites for hydroxylation is 1. The van der Waals surface area contributed by atoms with Crippen molar-refractivity contribution in [3.05, 3.63) is 77.9 Å². The smallest absolute Gasteiger partial charge is 0.251 e. The molecular weight excluding hydrogens is 402 g/mol. The quantitative estimate of drug-likeness (QED) is 0.626. The van der Waals surface area contributed by atoms with Crippen LogP contribution in [-0.2, 0) is 21.2 Å². The number of nitrogens with one attached hydrogen (secondary N) is 2. The molecule has 0 unspecified atom stereocenters. The third-order valence-corrected chi connectivity index (χ3v) is 6.76. The third-order valence-electron chi connectivity index (χ3n) is 4.92. The van der Waals surface area contributed by atoms with Gasteiger partial charge in [-0.15, -0.1) is 0 Å². The maximum Gasteiger partial charge on any atom is 0.251 e. The number of rotatable bonds is 8. The summed E-state index contributed by atoms with van der Waals surface area (Å²) in [7, 11) is -3.65. The number of sulfonamides is 1. The van der Waals surface area contributed by atoms with Crippen molar-refractivity contribution in [2.75, 3.05) is 19.6 Å². The Morgan fingerprint density at radius 2 is 1.87 bits per heavy atom. The van der Waals surface area contributed by atoms with E-state index in [0.29, 0.717) is 12.1 Å². The lowest BCUT2D eigenvalue weighted by Gasteiger charge is -2.38. The van der Waals surface area contributed by atoms with Gasteiger partial charge in [0, 0.05) is 25.2 Å². The molecule has 2 aromatic carbocycles. The summed E-state index contributed by atoms with van der Waals surface area (Å²) in [6.07, 6.45) is 1.88. The van der Waals surface area contributed by atoms with Crippen LogP contribution in [0, 0.1) is 6.92 Å². The van der Waals surface area contributed by atoms with Crippen molar-refractivity contribution < 1.29 is 18.0 Å². The van der Waals surface area contributed by atoms with E-state index in [1.165, 1.54) is 34.1 Å². The molecule has 8 heteroatoms. The van der Waals surface area contributed by atoms with Gasteiger partial charge in [0.25, 0.3) is 5.91 Å². The van der Waals surface area contributed by atoms with Gasteiger partial charge in [-0.05, 0) is 49.2 Å². The number of amides is 2. The summed E-state index contributed by atoms with van der Waals surface area (Å²) >= 11 is 0. The Balaban J connectivity index is 1.53. The Morgan fingerprint density at radius 1 is 1.17 bits per heavy atom. The first-order valence-corrected chi connectivity index (χ1v) is 11.1. The van der Waals surface area contributed by atoms with Gasteiger partial charge in [0.2, 0.25) is 15.9 Å². The van der Waals surface area contributed by atoms with Gasteiger partial charge in [0.15, 0.2) is 0 Å². The maximum absolute atomic E-state index is 12.6. The lowest BCUT2D eigenvalue weighted by molar-refractivity contribution is -0.117. The van der Waals surface area contributed by atoms with Crippen molar-refractivity contribution in [1.29, 1.82) is 0 Å². The number of hydrogen-bond acceptors (Lipinski definition) is 4. The summed E-state index contributed by atoms with van der Waals surface area (Å²) < 4.78 is 26.6. The number of hydrogen-bond donors (Lipinski definition) is 2. The molecule has 7 nitrogen and oxygen atoms in total. The van der Waals surface area contributed by atoms with Gasteiger partial charge in [-0.2, -0.15) is 4.31 Å². The van der Waals surface area contributed by atoms with Crippen LogP contribution in [0.4, 0.5) is 0 Å². The van der Waals surface area contributed by atoms with E-state index in [9.17, 15) is 18.0 Å². The number of benzene rings is 2. The van der Waals surface area contributed by atoms with Crippen LogP contribution >= 0.6 is 0 Å². The second-order valence-corrected chi connectivity index (χ2v) is 9.19. The van der Waals surface area contributed by atoms with E-state index in [4.69, 9.17) is 0 Å². The van der Waals surface area contributed by atoms with Gasteiger partial charge in [-0.3, -0.25) is 9.59 Å². The first-order valence-electron chi connectivity index (χ1n) is 9.66. The van der Waals surface area contributed by atoms with E-state index < -0.39 is 10.0 Å². The maximum atomic E-state index is 12.6. The monoisotopic (exact) mass is 427 g/mol. The molecule has 1 aliphatic heterocycles. The highest BCUT2D eigenvalue weighted by Gasteiger charge is 2.37. The predicted octanol–water partition coefficient (Wildman–Crippen LogP) is 1.64. The minimum Gasteiger partial charge on any atom is -0.352 e. The highest BCUT2D eigenvalue weighted by molar-refractivity contribution is 7.89. The molecule has 0 spiro atoms. The zero-order chi connectivity index (χ0) is 21.7. The average molecular weight is 428 g/mol. The van der Waals surface area contributed by atoms with Crippen molar-refractivity contribution in [3.63, 3.8) is 0 Å². The van der Waals surface area contributed by atoms with E-state index >= 15 is 0 Å². The first kappa shape index (κ1) is 21.7. The van der Waals surface area contributed by atoms with Gasteiger partial charge in [-0.25, -0.2) is 8.42 Å². The summed E-state index contributed by atoms with van der Waals surface area (Å²) in [5.74, 6) is -0.572. The highest BCUT2D eigenvalue weighted by atomic mass is 32.2. The van der Waals surface area contributed by atoms with Gasteiger partial charge in [-0.1, -0.05) is 36.4 Å². The fourth-order valence-electron chi connectivity index (χ4n) is 3.20. The molecule has 0 bridgehead atoms. The number of carbonyl (C=O) groups excluding carboxylic acids is 2. The van der Waals surface area contributed by atoms with Crippen LogP contribution in [0.5, 0.6) is 0 Å². The van der Waals surface area contributed by atoms with E-state index in [-0.39, 0.29) is 35.8 Å². The zero-order valence-corrected chi connectivity index (χ0v) is 17.6. The number of carbonyl (C=O) groups is 2. The molecule has 0 saturated carbocycles. The normalized spacial score (nSPS) is 14.6. The molecule has 1 aliphatic rings. The van der Waals surface area contributed by atoms with E-state index in [2.05, 4.69) is 23.3 Å². The second kappa shape index (κ2) is 9.23. The minimum atomic E-state index is -3.65. The summed E-state index contributed by atoms with van der Waals surface area (Å²) in [6.45, 7) is 6.31. The van der Waals surface area contributed by atoms with Crippen LogP contribution < -0.4 is 10.6 Å². The summed E-state index contributed by atoms with van der Waals surface area (Å²) in [5.41, 5.74) is 2.72. The van der Waals surface area contributed by atoms with Crippen LogP contribution in [0.25, 0.3) is 0 Å². The zero-order valence-electron chi connectivity index (χ0n) is 16.8. The van der Waals surface area contributed by atoms with E-state index in [1.807, 2.05) is 25.1 Å². The average Bonchev–Trinajstić information content (AvgIpc) is 2.70. The van der Waals surface area contributed by atoms with Gasteiger partial charge >= 0.3 is 0 Å². The van der Waals surface area contributed by atoms with Crippen molar-refractivity contribution in [3.8, 4) is 0 Å². The molecule has 30 heavy (non-hydrogen) atoms. The summed E-state index contributed by atoms with van der Waals surface area (Å²) in [4.78, 5) is 23.7. The topological polar surface area (TPSA) is 95.6 Å². The van der Waals surface area contributed by atoms with Crippen molar-refractivity contribution >= 4 is 21.8 Å².